The van der Waals surface area contributed by atoms with Crippen LogP contribution in [-0.4, -0.2) is 58.1 Å². The molecule has 0 N–H and O–H groups in total. The maximum absolute atomic E-state index is 13.4. The smallest absolute Gasteiger partial charge is 0.311 e. The van der Waals surface area contributed by atoms with Crippen LogP contribution in [0.25, 0.3) is 5.57 Å². The SMILES string of the molecule is COc1ccc(C(=CN(C)C)C(=O)c2cc(OC)c(OC)c(OC)c2)cc1[N+](=O)[O-]. The van der Waals surface area contributed by atoms with Gasteiger partial charge in [-0.3, -0.25) is 14.9 Å². The Kier molecular flexibility index (Phi) is 7.24. The van der Waals surface area contributed by atoms with Gasteiger partial charge in [0.05, 0.1) is 33.4 Å². The molecule has 0 aromatic heterocycles. The first-order valence-corrected chi connectivity index (χ1v) is 8.83. The van der Waals surface area contributed by atoms with Crippen molar-refractivity contribution in [2.24, 2.45) is 0 Å². The molecule has 2 rings (SSSR count). The number of nitro benzene ring substituents is 1. The van der Waals surface area contributed by atoms with Crippen LogP contribution in [0.2, 0.25) is 0 Å². The first-order valence-electron chi connectivity index (χ1n) is 8.83. The number of allylic oxidation sites excluding steroid dienone is 1. The normalized spacial score (nSPS) is 10.9. The molecule has 0 bridgehead atoms. The molecule has 0 amide bonds. The molecule has 0 heterocycles. The quantitative estimate of drug-likeness (QED) is 0.265. The highest BCUT2D eigenvalue weighted by molar-refractivity contribution is 6.29. The number of ketones is 1. The summed E-state index contributed by atoms with van der Waals surface area (Å²) < 4.78 is 21.0. The molecule has 0 aliphatic heterocycles. The summed E-state index contributed by atoms with van der Waals surface area (Å²) in [6.45, 7) is 0. The highest BCUT2D eigenvalue weighted by Gasteiger charge is 2.23. The number of hydrogen-bond donors (Lipinski definition) is 0. The number of nitrogens with zero attached hydrogens (tertiary/aromatic N) is 2. The third-order valence-corrected chi connectivity index (χ3v) is 4.25. The van der Waals surface area contributed by atoms with Crippen LogP contribution in [-0.2, 0) is 0 Å². The summed E-state index contributed by atoms with van der Waals surface area (Å²) in [5.74, 6) is 0.737. The van der Waals surface area contributed by atoms with Crippen LogP contribution in [0.4, 0.5) is 5.69 Å². The molecule has 0 spiro atoms. The molecule has 0 aliphatic rings. The summed E-state index contributed by atoms with van der Waals surface area (Å²) in [5, 5.41) is 11.4. The second kappa shape index (κ2) is 9.64. The molecule has 0 atom stereocenters. The van der Waals surface area contributed by atoms with Gasteiger partial charge in [0.25, 0.3) is 0 Å². The topological polar surface area (TPSA) is 100 Å². The largest absolute Gasteiger partial charge is 0.493 e. The Morgan fingerprint density at radius 3 is 1.90 bits per heavy atom. The molecule has 0 fully saturated rings. The summed E-state index contributed by atoms with van der Waals surface area (Å²) in [5.41, 5.74) is 0.656. The maximum atomic E-state index is 13.4. The molecule has 2 aromatic carbocycles. The molecule has 0 radical (unpaired) electrons. The van der Waals surface area contributed by atoms with Crippen LogP contribution in [0.5, 0.6) is 23.0 Å². The third-order valence-electron chi connectivity index (χ3n) is 4.25. The van der Waals surface area contributed by atoms with Gasteiger partial charge in [-0.25, -0.2) is 0 Å². The average molecular weight is 416 g/mol. The summed E-state index contributed by atoms with van der Waals surface area (Å²) in [7, 11) is 9.22. The Morgan fingerprint density at radius 2 is 1.47 bits per heavy atom. The van der Waals surface area contributed by atoms with Crippen LogP contribution in [0, 0.1) is 10.1 Å². The predicted molar refractivity (Wildman–Crippen MR) is 112 cm³/mol. The first-order chi connectivity index (χ1) is 14.3. The molecule has 160 valence electrons. The number of hydrogen-bond acceptors (Lipinski definition) is 8. The van der Waals surface area contributed by atoms with Gasteiger partial charge in [-0.05, 0) is 29.8 Å². The highest BCUT2D eigenvalue weighted by atomic mass is 16.6. The molecular formula is C21H24N2O7. The molecule has 0 saturated carbocycles. The van der Waals surface area contributed by atoms with Crippen molar-refractivity contribution in [1.29, 1.82) is 0 Å². The van der Waals surface area contributed by atoms with E-state index in [4.69, 9.17) is 18.9 Å². The highest BCUT2D eigenvalue weighted by Crippen LogP contribution is 2.39. The first kappa shape index (κ1) is 22.5. The second-order valence-electron chi connectivity index (χ2n) is 6.39. The third kappa shape index (κ3) is 4.62. The van der Waals surface area contributed by atoms with Crippen LogP contribution >= 0.6 is 0 Å². The average Bonchev–Trinajstić information content (AvgIpc) is 2.75. The summed E-state index contributed by atoms with van der Waals surface area (Å²) in [6, 6.07) is 7.43. The summed E-state index contributed by atoms with van der Waals surface area (Å²) >= 11 is 0. The van der Waals surface area contributed by atoms with Gasteiger partial charge in [0.15, 0.2) is 23.0 Å². The van der Waals surface area contributed by atoms with Crippen molar-refractivity contribution in [3.8, 4) is 23.0 Å². The number of carbonyl (C=O) groups excluding carboxylic acids is 1. The second-order valence-corrected chi connectivity index (χ2v) is 6.39. The number of methoxy groups -OCH3 is 4. The van der Waals surface area contributed by atoms with Gasteiger partial charge in [0.2, 0.25) is 5.75 Å². The van der Waals surface area contributed by atoms with E-state index in [1.165, 1.54) is 52.7 Å². The lowest BCUT2D eigenvalue weighted by Gasteiger charge is -2.16. The van der Waals surface area contributed by atoms with E-state index in [1.54, 1.807) is 31.3 Å². The Bertz CT molecular complexity index is 958. The van der Waals surface area contributed by atoms with Gasteiger partial charge in [0, 0.05) is 37.5 Å². The lowest BCUT2D eigenvalue weighted by Crippen LogP contribution is -2.10. The van der Waals surface area contributed by atoms with E-state index in [1.807, 2.05) is 0 Å². The van der Waals surface area contributed by atoms with E-state index in [-0.39, 0.29) is 28.4 Å². The predicted octanol–water partition coefficient (Wildman–Crippen LogP) is 3.41. The van der Waals surface area contributed by atoms with Crippen molar-refractivity contribution in [1.82, 2.24) is 4.90 Å². The monoisotopic (exact) mass is 416 g/mol. The fourth-order valence-electron chi connectivity index (χ4n) is 2.89. The lowest BCUT2D eigenvalue weighted by atomic mass is 9.96. The van der Waals surface area contributed by atoms with Crippen molar-refractivity contribution in [2.45, 2.75) is 0 Å². The van der Waals surface area contributed by atoms with Crippen molar-refractivity contribution >= 4 is 17.0 Å². The summed E-state index contributed by atoms with van der Waals surface area (Å²) in [6.07, 6.45) is 1.59. The number of benzene rings is 2. The fourth-order valence-corrected chi connectivity index (χ4v) is 2.89. The van der Waals surface area contributed by atoms with Crippen LogP contribution in [0.1, 0.15) is 15.9 Å². The Hall–Kier alpha value is -3.75. The minimum Gasteiger partial charge on any atom is -0.493 e. The molecule has 30 heavy (non-hydrogen) atoms. The number of Topliss-reactive ketones (excluding diaryl/α,β-unsaturated/α-hetero) is 1. The maximum Gasteiger partial charge on any atom is 0.311 e. The fraction of sp³-hybridized carbons (Fsp3) is 0.286. The number of ether oxygens (including phenoxy) is 4. The minimum absolute atomic E-state index is 0.105. The van der Waals surface area contributed by atoms with Gasteiger partial charge in [-0.1, -0.05) is 0 Å². The van der Waals surface area contributed by atoms with Crippen molar-refractivity contribution in [3.63, 3.8) is 0 Å². The Labute approximate surface area is 174 Å². The summed E-state index contributed by atoms with van der Waals surface area (Å²) in [4.78, 5) is 25.9. The van der Waals surface area contributed by atoms with E-state index in [0.717, 1.165) is 0 Å². The Morgan fingerprint density at radius 1 is 0.900 bits per heavy atom. The van der Waals surface area contributed by atoms with E-state index < -0.39 is 4.92 Å². The molecule has 0 aliphatic carbocycles. The van der Waals surface area contributed by atoms with Gasteiger partial charge in [-0.2, -0.15) is 0 Å². The van der Waals surface area contributed by atoms with Gasteiger partial charge in [-0.15, -0.1) is 0 Å². The van der Waals surface area contributed by atoms with E-state index in [2.05, 4.69) is 0 Å². The van der Waals surface area contributed by atoms with Crippen molar-refractivity contribution < 1.29 is 28.7 Å². The molecule has 0 unspecified atom stereocenters. The number of rotatable bonds is 9. The van der Waals surface area contributed by atoms with Crippen LogP contribution in [0.3, 0.4) is 0 Å². The zero-order valence-electron chi connectivity index (χ0n) is 17.7. The minimum atomic E-state index is -0.556. The van der Waals surface area contributed by atoms with Crippen molar-refractivity contribution in [3.05, 3.63) is 57.8 Å². The zero-order chi connectivity index (χ0) is 22.4. The van der Waals surface area contributed by atoms with E-state index in [9.17, 15) is 14.9 Å². The van der Waals surface area contributed by atoms with Gasteiger partial charge < -0.3 is 23.8 Å². The molecule has 9 heteroatoms. The standard InChI is InChI=1S/C21H24N2O7/c1-22(2)12-15(13-7-8-17(27-3)16(9-13)23(25)26)20(24)14-10-18(28-4)21(30-6)19(11-14)29-5/h7-12H,1-6H3. The van der Waals surface area contributed by atoms with Gasteiger partial charge >= 0.3 is 5.69 Å². The van der Waals surface area contributed by atoms with Crippen molar-refractivity contribution in [2.75, 3.05) is 42.5 Å². The number of nitro groups is 1. The Balaban J connectivity index is 2.66. The molecule has 9 nitrogen and oxygen atoms in total. The number of carbonyl (C=O) groups is 1. The lowest BCUT2D eigenvalue weighted by molar-refractivity contribution is -0.385. The molecule has 2 aromatic rings. The van der Waals surface area contributed by atoms with Crippen LogP contribution in [0.15, 0.2) is 36.5 Å². The van der Waals surface area contributed by atoms with E-state index in [0.29, 0.717) is 22.8 Å². The molecular weight excluding hydrogens is 392 g/mol. The van der Waals surface area contributed by atoms with Gasteiger partial charge in [0.1, 0.15) is 0 Å². The zero-order valence-corrected chi connectivity index (χ0v) is 17.7. The molecule has 0 saturated heterocycles. The van der Waals surface area contributed by atoms with Crippen LogP contribution < -0.4 is 18.9 Å². The van der Waals surface area contributed by atoms with E-state index >= 15 is 0 Å².